The van der Waals surface area contributed by atoms with Crippen molar-refractivity contribution in [2.75, 3.05) is 39.6 Å². The number of aliphatic hydroxyl groups excluding tert-OH is 1. The molecule has 0 saturated carbocycles. The molecule has 95 heavy (non-hydrogen) atoms. The van der Waals surface area contributed by atoms with Crippen molar-refractivity contribution in [3.8, 4) is 0 Å². The van der Waals surface area contributed by atoms with Crippen LogP contribution in [0.5, 0.6) is 0 Å². The Morgan fingerprint density at radius 3 is 0.800 bits per heavy atom. The van der Waals surface area contributed by atoms with E-state index >= 15 is 0 Å². The molecule has 19 heteroatoms. The molecule has 0 spiro atoms. The molecule has 0 aromatic carbocycles. The minimum atomic E-state index is -4.96. The highest BCUT2D eigenvalue weighted by Crippen LogP contribution is 2.45. The van der Waals surface area contributed by atoms with Crippen LogP contribution >= 0.6 is 15.6 Å². The third-order valence-electron chi connectivity index (χ3n) is 18.1. The number of hydrogen-bond donors (Lipinski definition) is 3. The second kappa shape index (κ2) is 67.9. The zero-order valence-electron chi connectivity index (χ0n) is 62.0. The van der Waals surface area contributed by atoms with Crippen molar-refractivity contribution in [3.63, 3.8) is 0 Å². The lowest BCUT2D eigenvalue weighted by Crippen LogP contribution is -2.30. The Hall–Kier alpha value is -1.94. The minimum Gasteiger partial charge on any atom is -0.462 e. The number of aliphatic hydroxyl groups is 1. The smallest absolute Gasteiger partial charge is 0.462 e. The molecule has 0 aromatic rings. The Balaban J connectivity index is 5.23. The molecule has 6 atom stereocenters. The van der Waals surface area contributed by atoms with E-state index in [0.29, 0.717) is 31.6 Å². The van der Waals surface area contributed by atoms with Crippen molar-refractivity contribution in [1.82, 2.24) is 0 Å². The normalized spacial score (nSPS) is 14.3. The molecule has 0 fully saturated rings. The summed E-state index contributed by atoms with van der Waals surface area (Å²) in [5.74, 6) is -0.590. The van der Waals surface area contributed by atoms with E-state index in [1.165, 1.54) is 205 Å². The van der Waals surface area contributed by atoms with Crippen LogP contribution in [0.3, 0.4) is 0 Å². The van der Waals surface area contributed by atoms with E-state index in [1.807, 2.05) is 0 Å². The van der Waals surface area contributed by atoms with E-state index in [4.69, 9.17) is 37.0 Å². The van der Waals surface area contributed by atoms with Crippen LogP contribution in [-0.4, -0.2) is 96.7 Å². The first-order chi connectivity index (χ1) is 45.9. The molecule has 0 amide bonds. The van der Waals surface area contributed by atoms with Crippen molar-refractivity contribution >= 4 is 39.5 Å². The number of phosphoric ester groups is 2. The van der Waals surface area contributed by atoms with Crippen LogP contribution in [0, 0.1) is 11.8 Å². The summed E-state index contributed by atoms with van der Waals surface area (Å²) in [5.41, 5.74) is 0. The molecule has 17 nitrogen and oxygen atoms in total. The maximum atomic E-state index is 13.1. The van der Waals surface area contributed by atoms with Crippen LogP contribution in [-0.2, 0) is 65.4 Å². The number of carbonyl (C=O) groups is 4. The number of phosphoric acid groups is 2. The average Bonchev–Trinajstić information content (AvgIpc) is 1.83. The van der Waals surface area contributed by atoms with E-state index in [-0.39, 0.29) is 25.7 Å². The van der Waals surface area contributed by atoms with E-state index in [1.54, 1.807) is 0 Å². The summed E-state index contributed by atoms with van der Waals surface area (Å²) in [5, 5.41) is 10.6. The summed E-state index contributed by atoms with van der Waals surface area (Å²) in [6.45, 7) is 9.57. The predicted molar refractivity (Wildman–Crippen MR) is 386 cm³/mol. The number of carbonyl (C=O) groups excluding carboxylic acids is 4. The molecule has 0 aliphatic rings. The summed E-state index contributed by atoms with van der Waals surface area (Å²) in [7, 11) is -9.91. The standard InChI is InChI=1S/C76H148O17P2/c1-7-10-12-14-16-18-20-22-23-28-31-35-39-46-52-58-73(78)86-64-71(92-75(80)61-55-49-41-37-33-29-25-24-27-30-34-38-45-51-57-69(6)9-3)66-90-94(82,83)88-62-70(77)63-89-95(84,85)91-67-72(65-87-74(79)59-53-47-43-42-44-50-56-68(4)5)93-76(81)60-54-48-40-36-32-26-21-19-17-15-13-11-8-2/h68-72,77H,7-67H2,1-6H3,(H,82,83)(H,84,85)/t69?,70-,71-,72-/m1/s1. The fraction of sp³-hybridized carbons (Fsp3) is 0.947. The number of unbranched alkanes of at least 4 members (excludes halogenated alkanes) is 44. The van der Waals surface area contributed by atoms with Gasteiger partial charge in [0.15, 0.2) is 12.2 Å². The van der Waals surface area contributed by atoms with Gasteiger partial charge in [-0.3, -0.25) is 37.3 Å². The average molecular weight is 1400 g/mol. The van der Waals surface area contributed by atoms with E-state index in [9.17, 15) is 43.2 Å². The molecular weight excluding hydrogens is 1250 g/mol. The van der Waals surface area contributed by atoms with Gasteiger partial charge in [-0.05, 0) is 37.5 Å². The van der Waals surface area contributed by atoms with Crippen molar-refractivity contribution in [2.24, 2.45) is 11.8 Å². The van der Waals surface area contributed by atoms with Crippen LogP contribution < -0.4 is 0 Å². The first-order valence-corrected chi connectivity index (χ1v) is 42.5. The van der Waals surface area contributed by atoms with E-state index in [2.05, 4.69) is 41.5 Å². The fourth-order valence-corrected chi connectivity index (χ4v) is 13.2. The summed E-state index contributed by atoms with van der Waals surface area (Å²) in [4.78, 5) is 72.8. The zero-order valence-corrected chi connectivity index (χ0v) is 63.8. The van der Waals surface area contributed by atoms with Crippen LogP contribution in [0.2, 0.25) is 0 Å². The third-order valence-corrected chi connectivity index (χ3v) is 20.0. The van der Waals surface area contributed by atoms with Crippen molar-refractivity contribution in [1.29, 1.82) is 0 Å². The first-order valence-electron chi connectivity index (χ1n) is 39.5. The van der Waals surface area contributed by atoms with Crippen LogP contribution in [0.4, 0.5) is 0 Å². The Labute approximate surface area is 581 Å². The lowest BCUT2D eigenvalue weighted by molar-refractivity contribution is -0.161. The summed E-state index contributed by atoms with van der Waals surface area (Å²) in [6.07, 6.45) is 55.5. The number of hydrogen-bond acceptors (Lipinski definition) is 15. The summed E-state index contributed by atoms with van der Waals surface area (Å²) < 4.78 is 68.5. The molecule has 0 bridgehead atoms. The Morgan fingerprint density at radius 2 is 0.537 bits per heavy atom. The zero-order chi connectivity index (χ0) is 70.0. The largest absolute Gasteiger partial charge is 0.472 e. The van der Waals surface area contributed by atoms with Gasteiger partial charge in [0.25, 0.3) is 0 Å². The van der Waals surface area contributed by atoms with Crippen molar-refractivity contribution in [3.05, 3.63) is 0 Å². The van der Waals surface area contributed by atoms with Gasteiger partial charge in [0, 0.05) is 25.7 Å². The highest BCUT2D eigenvalue weighted by molar-refractivity contribution is 7.47. The molecule has 0 radical (unpaired) electrons. The molecule has 0 saturated heterocycles. The van der Waals surface area contributed by atoms with E-state index < -0.39 is 97.5 Å². The summed E-state index contributed by atoms with van der Waals surface area (Å²) >= 11 is 0. The number of rotatable bonds is 75. The van der Waals surface area contributed by atoms with Gasteiger partial charge >= 0.3 is 39.5 Å². The fourth-order valence-electron chi connectivity index (χ4n) is 11.6. The second-order valence-corrected chi connectivity index (χ2v) is 31.0. The lowest BCUT2D eigenvalue weighted by Gasteiger charge is -2.21. The summed E-state index contributed by atoms with van der Waals surface area (Å²) in [6, 6.07) is 0. The minimum absolute atomic E-state index is 0.107. The molecular formula is C76H148O17P2. The molecule has 3 unspecified atom stereocenters. The van der Waals surface area contributed by atoms with Crippen molar-refractivity contribution in [2.45, 2.75) is 413 Å². The molecule has 0 aliphatic carbocycles. The highest BCUT2D eigenvalue weighted by Gasteiger charge is 2.30. The van der Waals surface area contributed by atoms with Gasteiger partial charge in [-0.15, -0.1) is 0 Å². The van der Waals surface area contributed by atoms with Gasteiger partial charge < -0.3 is 33.8 Å². The number of esters is 4. The number of ether oxygens (including phenoxy) is 4. The van der Waals surface area contributed by atoms with Gasteiger partial charge in [0.1, 0.15) is 19.3 Å². The van der Waals surface area contributed by atoms with Gasteiger partial charge in [0.05, 0.1) is 26.4 Å². The van der Waals surface area contributed by atoms with E-state index in [0.717, 1.165) is 102 Å². The quantitative estimate of drug-likeness (QED) is 0.0222. The first kappa shape index (κ1) is 93.1. The predicted octanol–water partition coefficient (Wildman–Crippen LogP) is 22.3. The molecule has 0 rings (SSSR count). The Kier molecular flexibility index (Phi) is 66.5. The molecule has 3 N–H and O–H groups in total. The monoisotopic (exact) mass is 1400 g/mol. The van der Waals surface area contributed by atoms with Crippen LogP contribution in [0.1, 0.15) is 395 Å². The van der Waals surface area contributed by atoms with Gasteiger partial charge in [-0.2, -0.15) is 0 Å². The van der Waals surface area contributed by atoms with Crippen molar-refractivity contribution < 1.29 is 80.2 Å². The van der Waals surface area contributed by atoms with Gasteiger partial charge in [-0.25, -0.2) is 9.13 Å². The molecule has 0 heterocycles. The molecule has 0 aromatic heterocycles. The second-order valence-electron chi connectivity index (χ2n) is 28.1. The third kappa shape index (κ3) is 69.0. The molecule has 0 aliphatic heterocycles. The van der Waals surface area contributed by atoms with Gasteiger partial charge in [-0.1, -0.05) is 343 Å². The Bertz CT molecular complexity index is 1840. The molecule has 564 valence electrons. The maximum absolute atomic E-state index is 13.1. The van der Waals surface area contributed by atoms with Crippen LogP contribution in [0.25, 0.3) is 0 Å². The Morgan fingerprint density at radius 1 is 0.305 bits per heavy atom. The highest BCUT2D eigenvalue weighted by atomic mass is 31.2. The SMILES string of the molecule is CCCCCCCCCCCCCCCCCC(=O)OC[C@H](COP(=O)(O)OC[C@@H](O)COP(=O)(O)OC[C@@H](COC(=O)CCCCCCCCC(C)C)OC(=O)CCCCCCCCCCCCCCC)OC(=O)CCCCCCCCCCCCCCCCC(C)CC. The topological polar surface area (TPSA) is 237 Å². The van der Waals surface area contributed by atoms with Crippen LogP contribution in [0.15, 0.2) is 0 Å². The maximum Gasteiger partial charge on any atom is 0.472 e. The lowest BCUT2D eigenvalue weighted by atomic mass is 9.99. The van der Waals surface area contributed by atoms with Gasteiger partial charge in [0.2, 0.25) is 0 Å².